The quantitative estimate of drug-likeness (QED) is 0.906. The molecule has 1 aromatic carbocycles. The van der Waals surface area contributed by atoms with Crippen molar-refractivity contribution in [2.75, 3.05) is 12.4 Å². The van der Waals surface area contributed by atoms with Crippen LogP contribution in [-0.4, -0.2) is 17.0 Å². The Labute approximate surface area is 96.7 Å². The van der Waals surface area contributed by atoms with Gasteiger partial charge in [-0.15, -0.1) is 0 Å². The number of nitrogens with zero attached hydrogens (tertiary/aromatic N) is 2. The van der Waals surface area contributed by atoms with Crippen LogP contribution < -0.4 is 5.32 Å². The number of halogens is 1. The number of hydrogen-bond donors (Lipinski definition) is 1. The zero-order valence-electron chi connectivity index (χ0n) is 8.24. The van der Waals surface area contributed by atoms with Gasteiger partial charge in [-0.1, -0.05) is 28.1 Å². The van der Waals surface area contributed by atoms with Crippen LogP contribution in [0.2, 0.25) is 0 Å². The van der Waals surface area contributed by atoms with E-state index in [4.69, 9.17) is 0 Å². The van der Waals surface area contributed by atoms with Crippen LogP contribution in [0.3, 0.4) is 0 Å². The lowest BCUT2D eigenvalue weighted by molar-refractivity contribution is 1.16. The molecule has 4 heteroatoms. The third-order valence-electron chi connectivity index (χ3n) is 2.04. The van der Waals surface area contributed by atoms with Gasteiger partial charge >= 0.3 is 0 Å². The summed E-state index contributed by atoms with van der Waals surface area (Å²) in [7, 11) is 1.84. The second-order valence-electron chi connectivity index (χ2n) is 3.05. The third-order valence-corrected chi connectivity index (χ3v) is 2.54. The Morgan fingerprint density at radius 2 is 2.07 bits per heavy atom. The molecule has 1 N–H and O–H groups in total. The van der Waals surface area contributed by atoms with Crippen LogP contribution in [0, 0.1) is 0 Å². The first-order valence-corrected chi connectivity index (χ1v) is 5.34. The van der Waals surface area contributed by atoms with Crippen molar-refractivity contribution in [1.82, 2.24) is 9.97 Å². The van der Waals surface area contributed by atoms with Crippen molar-refractivity contribution in [3.8, 4) is 11.3 Å². The summed E-state index contributed by atoms with van der Waals surface area (Å²) in [6, 6.07) is 9.94. The maximum Gasteiger partial charge on any atom is 0.129 e. The summed E-state index contributed by atoms with van der Waals surface area (Å²) in [5, 5.41) is 2.99. The second kappa shape index (κ2) is 4.40. The highest BCUT2D eigenvalue weighted by Crippen LogP contribution is 2.21. The smallest absolute Gasteiger partial charge is 0.129 e. The molecule has 0 aliphatic rings. The summed E-state index contributed by atoms with van der Waals surface area (Å²) < 4.78 is 1.05. The Morgan fingerprint density at radius 3 is 2.80 bits per heavy atom. The third kappa shape index (κ3) is 2.33. The Bertz CT molecular complexity index is 471. The van der Waals surface area contributed by atoms with Crippen LogP contribution in [0.1, 0.15) is 0 Å². The van der Waals surface area contributed by atoms with E-state index < -0.39 is 0 Å². The lowest BCUT2D eigenvalue weighted by atomic mass is 10.1. The standard InChI is InChI=1S/C11H10BrN3/c1-13-11-6-10(14-7-15-11)8-3-2-4-9(12)5-8/h2-7H,1H3,(H,13,14,15). The summed E-state index contributed by atoms with van der Waals surface area (Å²) in [6.45, 7) is 0. The Morgan fingerprint density at radius 1 is 1.20 bits per heavy atom. The molecular formula is C11H10BrN3. The monoisotopic (exact) mass is 263 g/mol. The maximum absolute atomic E-state index is 4.23. The second-order valence-corrected chi connectivity index (χ2v) is 3.96. The fourth-order valence-electron chi connectivity index (χ4n) is 1.30. The number of rotatable bonds is 2. The molecule has 0 fully saturated rings. The van der Waals surface area contributed by atoms with Crippen LogP contribution >= 0.6 is 15.9 Å². The van der Waals surface area contributed by atoms with Crippen molar-refractivity contribution in [2.24, 2.45) is 0 Å². The summed E-state index contributed by atoms with van der Waals surface area (Å²) in [5.74, 6) is 0.819. The highest BCUT2D eigenvalue weighted by atomic mass is 79.9. The number of nitrogens with one attached hydrogen (secondary N) is 1. The Balaban J connectivity index is 2.44. The van der Waals surface area contributed by atoms with Crippen LogP contribution in [0.25, 0.3) is 11.3 Å². The van der Waals surface area contributed by atoms with Crippen molar-refractivity contribution in [1.29, 1.82) is 0 Å². The molecule has 0 amide bonds. The number of aromatic nitrogens is 2. The fourth-order valence-corrected chi connectivity index (χ4v) is 1.70. The summed E-state index contributed by atoms with van der Waals surface area (Å²) >= 11 is 3.44. The van der Waals surface area contributed by atoms with E-state index in [-0.39, 0.29) is 0 Å². The zero-order valence-corrected chi connectivity index (χ0v) is 9.82. The predicted octanol–water partition coefficient (Wildman–Crippen LogP) is 2.95. The van der Waals surface area contributed by atoms with Gasteiger partial charge in [-0.25, -0.2) is 9.97 Å². The highest BCUT2D eigenvalue weighted by Gasteiger charge is 2.00. The molecular weight excluding hydrogens is 254 g/mol. The molecule has 76 valence electrons. The van der Waals surface area contributed by atoms with Gasteiger partial charge in [0.15, 0.2) is 0 Å². The molecule has 2 rings (SSSR count). The molecule has 3 nitrogen and oxygen atoms in total. The van der Waals surface area contributed by atoms with Gasteiger partial charge in [-0.2, -0.15) is 0 Å². The van der Waals surface area contributed by atoms with Crippen molar-refractivity contribution >= 4 is 21.7 Å². The molecule has 15 heavy (non-hydrogen) atoms. The molecule has 0 atom stereocenters. The lowest BCUT2D eigenvalue weighted by Gasteiger charge is -2.03. The predicted molar refractivity (Wildman–Crippen MR) is 64.7 cm³/mol. The van der Waals surface area contributed by atoms with Gasteiger partial charge in [-0.3, -0.25) is 0 Å². The zero-order chi connectivity index (χ0) is 10.7. The first kappa shape index (κ1) is 10.1. The normalized spacial score (nSPS) is 10.0. The molecule has 0 aliphatic carbocycles. The van der Waals surface area contributed by atoms with E-state index in [1.165, 1.54) is 0 Å². The summed E-state index contributed by atoms with van der Waals surface area (Å²) in [6.07, 6.45) is 1.56. The largest absolute Gasteiger partial charge is 0.373 e. The Hall–Kier alpha value is -1.42. The molecule has 0 saturated heterocycles. The van der Waals surface area contributed by atoms with E-state index in [0.717, 1.165) is 21.5 Å². The first-order valence-electron chi connectivity index (χ1n) is 4.55. The van der Waals surface area contributed by atoms with Gasteiger partial charge in [-0.05, 0) is 12.1 Å². The van der Waals surface area contributed by atoms with Gasteiger partial charge in [0.1, 0.15) is 12.1 Å². The van der Waals surface area contributed by atoms with Crippen LogP contribution in [0.15, 0.2) is 41.1 Å². The maximum atomic E-state index is 4.23. The minimum atomic E-state index is 0.819. The van der Waals surface area contributed by atoms with E-state index in [0.29, 0.717) is 0 Å². The molecule has 1 aromatic heterocycles. The lowest BCUT2D eigenvalue weighted by Crippen LogP contribution is -1.93. The molecule has 1 heterocycles. The van der Waals surface area contributed by atoms with Gasteiger partial charge in [0.05, 0.1) is 5.69 Å². The minimum absolute atomic E-state index is 0.819. The highest BCUT2D eigenvalue weighted by molar-refractivity contribution is 9.10. The Kier molecular flexibility index (Phi) is 2.97. The van der Waals surface area contributed by atoms with Crippen molar-refractivity contribution in [2.45, 2.75) is 0 Å². The average molecular weight is 264 g/mol. The molecule has 0 unspecified atom stereocenters. The van der Waals surface area contributed by atoms with E-state index in [9.17, 15) is 0 Å². The van der Waals surface area contributed by atoms with Gasteiger partial charge in [0.25, 0.3) is 0 Å². The van der Waals surface area contributed by atoms with Crippen LogP contribution in [-0.2, 0) is 0 Å². The SMILES string of the molecule is CNc1cc(-c2cccc(Br)c2)ncn1. The van der Waals surface area contributed by atoms with Gasteiger partial charge in [0.2, 0.25) is 0 Å². The van der Waals surface area contributed by atoms with Crippen molar-refractivity contribution < 1.29 is 0 Å². The van der Waals surface area contributed by atoms with Crippen molar-refractivity contribution in [3.05, 3.63) is 41.1 Å². The summed E-state index contributed by atoms with van der Waals surface area (Å²) in [5.41, 5.74) is 1.99. The fraction of sp³-hybridized carbons (Fsp3) is 0.0909. The van der Waals surface area contributed by atoms with E-state index >= 15 is 0 Å². The van der Waals surface area contributed by atoms with Gasteiger partial charge < -0.3 is 5.32 Å². The first-order chi connectivity index (χ1) is 7.29. The van der Waals surface area contributed by atoms with Crippen LogP contribution in [0.5, 0.6) is 0 Å². The number of benzene rings is 1. The van der Waals surface area contributed by atoms with Gasteiger partial charge in [0, 0.05) is 23.2 Å². The molecule has 0 radical (unpaired) electrons. The molecule has 0 aliphatic heterocycles. The number of anilines is 1. The van der Waals surface area contributed by atoms with Crippen molar-refractivity contribution in [3.63, 3.8) is 0 Å². The van der Waals surface area contributed by atoms with E-state index in [1.54, 1.807) is 6.33 Å². The van der Waals surface area contributed by atoms with E-state index in [1.807, 2.05) is 37.4 Å². The van der Waals surface area contributed by atoms with Crippen LogP contribution in [0.4, 0.5) is 5.82 Å². The molecule has 0 bridgehead atoms. The van der Waals surface area contributed by atoms with E-state index in [2.05, 4.69) is 31.2 Å². The number of hydrogen-bond acceptors (Lipinski definition) is 3. The topological polar surface area (TPSA) is 37.8 Å². The average Bonchev–Trinajstić information content (AvgIpc) is 2.29. The molecule has 0 spiro atoms. The minimum Gasteiger partial charge on any atom is -0.373 e. The molecule has 0 saturated carbocycles. The summed E-state index contributed by atoms with van der Waals surface area (Å²) in [4.78, 5) is 8.30. The molecule has 2 aromatic rings.